The van der Waals surface area contributed by atoms with Gasteiger partial charge in [0.1, 0.15) is 5.75 Å². The van der Waals surface area contributed by atoms with Crippen molar-refractivity contribution < 1.29 is 66.8 Å². The fraction of sp³-hybridized carbons (Fsp3) is 0.400. The van der Waals surface area contributed by atoms with Crippen LogP contribution in [0.25, 0.3) is 0 Å². The summed E-state index contributed by atoms with van der Waals surface area (Å²) in [4.78, 5) is 34.7. The number of nitrogens with zero attached hydrogens (tertiary/aromatic N) is 1. The number of aliphatic carboxylic acids is 2. The molecule has 0 atom stereocenters. The molecule has 0 fully saturated rings. The summed E-state index contributed by atoms with van der Waals surface area (Å²) in [6.45, 7) is 8.33. The van der Waals surface area contributed by atoms with Gasteiger partial charge in [-0.05, 0) is 39.5 Å². The van der Waals surface area contributed by atoms with Crippen molar-refractivity contribution in [3.05, 3.63) is 47.4 Å². The van der Waals surface area contributed by atoms with Crippen molar-refractivity contribution >= 4 is 17.9 Å². The normalized spacial score (nSPS) is 10.2. The van der Waals surface area contributed by atoms with E-state index in [2.05, 4.69) is 6.58 Å². The van der Waals surface area contributed by atoms with Crippen LogP contribution in [0, 0.1) is 20.3 Å². The summed E-state index contributed by atoms with van der Waals surface area (Å²) in [7, 11) is 0. The molecule has 0 unspecified atom stereocenters. The van der Waals surface area contributed by atoms with Gasteiger partial charge in [-0.3, -0.25) is 20.9 Å². The average molecular weight is 481 g/mol. The van der Waals surface area contributed by atoms with Gasteiger partial charge in [0.2, 0.25) is 0 Å². The number of hydrogen-bond acceptors (Lipinski definition) is 6. The molecule has 0 aliphatic carbocycles. The Balaban J connectivity index is 0.00000784. The Bertz CT molecular complexity index is 733. The number of carboxylic acids is 2. The predicted octanol–water partition coefficient (Wildman–Crippen LogP) is 1.97. The number of carboxylic acid groups (broad SMARTS) is 2. The Morgan fingerprint density at radius 3 is 2.21 bits per heavy atom. The van der Waals surface area contributed by atoms with E-state index < -0.39 is 31.0 Å². The third-order valence-electron chi connectivity index (χ3n) is 3.63. The minimum absolute atomic E-state index is 0. The van der Waals surface area contributed by atoms with Crippen molar-refractivity contribution in [3.63, 3.8) is 0 Å². The number of aryl methyl sites for hydroxylation is 2. The molecule has 0 aliphatic rings. The molecular weight excluding hydrogens is 455 g/mol. The number of carbonyl (C=O) groups is 3. The fourth-order valence-electron chi connectivity index (χ4n) is 2.61. The third-order valence-corrected chi connectivity index (χ3v) is 3.63. The molecule has 1 aromatic carbocycles. The Morgan fingerprint density at radius 2 is 1.69 bits per heavy atom. The molecule has 0 aromatic heterocycles. The van der Waals surface area contributed by atoms with Crippen LogP contribution in [-0.4, -0.2) is 59.3 Å². The van der Waals surface area contributed by atoms with Gasteiger partial charge in [-0.25, -0.2) is 4.79 Å². The zero-order valence-electron chi connectivity index (χ0n) is 16.9. The van der Waals surface area contributed by atoms with E-state index in [-0.39, 0.29) is 52.5 Å². The van der Waals surface area contributed by atoms with E-state index in [0.717, 1.165) is 11.1 Å². The van der Waals surface area contributed by atoms with Crippen LogP contribution in [-0.2, 0) is 58.4 Å². The molecular formula is C20H26NO7Y+2. The van der Waals surface area contributed by atoms with Gasteiger partial charge < -0.3 is 19.7 Å². The second kappa shape index (κ2) is 13.5. The molecule has 0 bridgehead atoms. The van der Waals surface area contributed by atoms with Crippen molar-refractivity contribution in [2.75, 3.05) is 26.3 Å². The molecule has 0 heterocycles. The van der Waals surface area contributed by atoms with Crippen molar-refractivity contribution in [1.82, 2.24) is 4.90 Å². The third kappa shape index (κ3) is 10.5. The van der Waals surface area contributed by atoms with Crippen LogP contribution < -0.4 is 4.74 Å². The summed E-state index contributed by atoms with van der Waals surface area (Å²) in [5.41, 5.74) is 2.79. The van der Waals surface area contributed by atoms with Crippen LogP contribution in [0.1, 0.15) is 23.6 Å². The average Bonchev–Trinajstić information content (AvgIpc) is 2.54. The first-order valence-electron chi connectivity index (χ1n) is 8.63. The molecule has 0 amide bonds. The van der Waals surface area contributed by atoms with Crippen molar-refractivity contribution in [2.45, 2.75) is 27.3 Å². The summed E-state index contributed by atoms with van der Waals surface area (Å²) in [5.74, 6) is -2.16. The van der Waals surface area contributed by atoms with Crippen molar-refractivity contribution in [2.24, 2.45) is 0 Å². The zero-order valence-corrected chi connectivity index (χ0v) is 19.8. The Labute approximate surface area is 195 Å². The maximum atomic E-state index is 11.3. The Morgan fingerprint density at radius 1 is 1.10 bits per heavy atom. The second-order valence-electron chi connectivity index (χ2n) is 6.48. The number of rotatable bonds is 12. The Hall–Kier alpha value is -1.77. The van der Waals surface area contributed by atoms with Crippen LogP contribution in [0.5, 0.6) is 5.75 Å². The fourth-order valence-corrected chi connectivity index (χ4v) is 2.61. The maximum Gasteiger partial charge on any atom is 3.00 e. The molecule has 1 rings (SSSR count). The predicted molar refractivity (Wildman–Crippen MR) is 102 cm³/mol. The molecule has 0 saturated heterocycles. The van der Waals surface area contributed by atoms with Crippen LogP contribution in [0.15, 0.2) is 24.3 Å². The van der Waals surface area contributed by atoms with Gasteiger partial charge in [-0.15, -0.1) is 0 Å². The summed E-state index contributed by atoms with van der Waals surface area (Å²) < 4.78 is 10.7. The molecule has 0 spiro atoms. The SMILES string of the molecule is C=C(C)C(=O)OC[CH-]COc1c(C)cc(C)cc1CN(CC(=O)O)CC(=O)O.[Y+3]. The first-order chi connectivity index (χ1) is 13.1. The largest absolute Gasteiger partial charge is 3.00 e. The number of ether oxygens (including phenoxy) is 2. The van der Waals surface area contributed by atoms with E-state index in [9.17, 15) is 14.4 Å². The van der Waals surface area contributed by atoms with Crippen LogP contribution in [0.4, 0.5) is 0 Å². The molecule has 0 radical (unpaired) electrons. The number of benzene rings is 1. The van der Waals surface area contributed by atoms with Gasteiger partial charge in [-0.2, -0.15) is 0 Å². The van der Waals surface area contributed by atoms with Crippen LogP contribution in [0.3, 0.4) is 0 Å². The smallest absolute Gasteiger partial charge is 0.524 e. The van der Waals surface area contributed by atoms with Crippen LogP contribution >= 0.6 is 0 Å². The summed E-state index contributed by atoms with van der Waals surface area (Å²) in [5, 5.41) is 18.0. The Kier molecular flexibility index (Phi) is 12.6. The molecule has 2 N–H and O–H groups in total. The molecule has 1 aromatic rings. The van der Waals surface area contributed by atoms with E-state index in [0.29, 0.717) is 16.9 Å². The minimum Gasteiger partial charge on any atom is -0.524 e. The maximum absolute atomic E-state index is 11.3. The van der Waals surface area contributed by atoms with Gasteiger partial charge in [0.15, 0.2) is 0 Å². The van der Waals surface area contributed by atoms with Crippen molar-refractivity contribution in [3.8, 4) is 5.75 Å². The van der Waals surface area contributed by atoms with E-state index in [1.807, 2.05) is 26.0 Å². The van der Waals surface area contributed by atoms with Crippen molar-refractivity contribution in [1.29, 1.82) is 0 Å². The monoisotopic (exact) mass is 481 g/mol. The number of hydrogen-bond donors (Lipinski definition) is 2. The van der Waals surface area contributed by atoms with Crippen LogP contribution in [0.2, 0.25) is 0 Å². The summed E-state index contributed by atoms with van der Waals surface area (Å²) in [6.07, 6.45) is 1.64. The molecule has 29 heavy (non-hydrogen) atoms. The zero-order chi connectivity index (χ0) is 21.3. The van der Waals surface area contributed by atoms with E-state index in [1.165, 1.54) is 4.90 Å². The van der Waals surface area contributed by atoms with Gasteiger partial charge in [0, 0.05) is 17.7 Å². The number of esters is 1. The summed E-state index contributed by atoms with van der Waals surface area (Å²) in [6, 6.07) is 3.75. The molecule has 0 saturated carbocycles. The molecule has 8 nitrogen and oxygen atoms in total. The quantitative estimate of drug-likeness (QED) is 0.202. The van der Waals surface area contributed by atoms with Gasteiger partial charge in [0.25, 0.3) is 0 Å². The standard InChI is InChI=1S/C20H26NO7.Y/c1-13(2)20(26)28-7-5-6-27-19-15(4)8-14(3)9-16(19)10-21(11-17(22)23)12-18(24)25;/h5,8-9H,1,6-7,10-12H2,2-4H3,(H,22,23)(H,24,25);/q-1;+3. The van der Waals surface area contributed by atoms with Gasteiger partial charge in [-0.1, -0.05) is 24.3 Å². The molecule has 154 valence electrons. The van der Waals surface area contributed by atoms with E-state index in [4.69, 9.17) is 19.7 Å². The van der Waals surface area contributed by atoms with Gasteiger partial charge in [0.05, 0.1) is 13.1 Å². The second-order valence-corrected chi connectivity index (χ2v) is 6.48. The van der Waals surface area contributed by atoms with Gasteiger partial charge >= 0.3 is 50.6 Å². The molecule has 0 aliphatic heterocycles. The minimum atomic E-state index is -1.11. The number of carbonyl (C=O) groups excluding carboxylic acids is 1. The summed E-state index contributed by atoms with van der Waals surface area (Å²) >= 11 is 0. The first-order valence-corrected chi connectivity index (χ1v) is 8.63. The first kappa shape index (κ1) is 27.2. The molecule has 9 heteroatoms. The topological polar surface area (TPSA) is 113 Å². The van der Waals surface area contributed by atoms with E-state index >= 15 is 0 Å². The van der Waals surface area contributed by atoms with E-state index in [1.54, 1.807) is 13.3 Å².